The average Bonchev–Trinajstić information content (AvgIpc) is 2.21. The summed E-state index contributed by atoms with van der Waals surface area (Å²) in [5, 5.41) is 8.99. The zero-order chi connectivity index (χ0) is 13.1. The van der Waals surface area contributed by atoms with Gasteiger partial charge in [-0.05, 0) is 11.8 Å². The Bertz CT molecular complexity index is 310. The van der Waals surface area contributed by atoms with Crippen LogP contribution < -0.4 is 0 Å². The highest BCUT2D eigenvalue weighted by molar-refractivity contribution is 6.16. The summed E-state index contributed by atoms with van der Waals surface area (Å²) in [6.45, 7) is 5.72. The molecular weight excluding hydrogens is 218 g/mol. The Morgan fingerprint density at radius 1 is 1.41 bits per heavy atom. The maximum atomic E-state index is 11.8. The summed E-state index contributed by atoms with van der Waals surface area (Å²) in [6.07, 6.45) is 2.98. The Balaban J connectivity index is 2.72. The molecule has 1 aliphatic rings. The molecule has 0 unspecified atom stereocenters. The molecule has 0 aliphatic heterocycles. The van der Waals surface area contributed by atoms with Crippen molar-refractivity contribution in [2.45, 2.75) is 46.1 Å². The summed E-state index contributed by atoms with van der Waals surface area (Å²) in [6, 6.07) is -0.203. The third-order valence-corrected chi connectivity index (χ3v) is 3.13. The monoisotopic (exact) mass is 239 g/mol. The number of Topliss-reactive ketones (excluding diaryl/α,β-unsaturated/α-hetero) is 2. The Morgan fingerprint density at radius 2 is 1.94 bits per heavy atom. The number of carbonyl (C=O) groups is 2. The van der Waals surface area contributed by atoms with Crippen LogP contribution >= 0.6 is 0 Å². The molecule has 0 aromatic carbocycles. The molecule has 96 valence electrons. The highest BCUT2D eigenvalue weighted by atomic mass is 16.3. The topological polar surface area (TPSA) is 66.7 Å². The summed E-state index contributed by atoms with van der Waals surface area (Å²) in [4.78, 5) is 27.8. The maximum absolute atomic E-state index is 11.8. The van der Waals surface area contributed by atoms with Gasteiger partial charge in [0.2, 0.25) is 0 Å². The second kappa shape index (κ2) is 5.54. The molecule has 1 N–H and O–H groups in total. The number of aliphatic hydroxyl groups excluding tert-OH is 1. The second-order valence-electron chi connectivity index (χ2n) is 5.47. The number of hydrogen-bond acceptors (Lipinski definition) is 4. The third kappa shape index (κ3) is 3.73. The van der Waals surface area contributed by atoms with E-state index < -0.39 is 5.92 Å². The number of hydrogen-bond donors (Lipinski definition) is 1. The van der Waals surface area contributed by atoms with Crippen molar-refractivity contribution in [1.29, 1.82) is 0 Å². The van der Waals surface area contributed by atoms with Crippen molar-refractivity contribution in [3.8, 4) is 0 Å². The number of rotatable bonds is 4. The van der Waals surface area contributed by atoms with E-state index in [9.17, 15) is 9.59 Å². The van der Waals surface area contributed by atoms with Crippen molar-refractivity contribution in [2.75, 3.05) is 6.61 Å². The molecule has 0 heterocycles. The van der Waals surface area contributed by atoms with E-state index in [-0.39, 0.29) is 29.6 Å². The first kappa shape index (κ1) is 14.0. The van der Waals surface area contributed by atoms with Gasteiger partial charge in [-0.3, -0.25) is 14.6 Å². The highest BCUT2D eigenvalue weighted by Crippen LogP contribution is 2.33. The van der Waals surface area contributed by atoms with Gasteiger partial charge in [-0.15, -0.1) is 0 Å². The van der Waals surface area contributed by atoms with E-state index in [2.05, 4.69) is 4.99 Å². The fourth-order valence-electron chi connectivity index (χ4n) is 2.06. The van der Waals surface area contributed by atoms with E-state index in [1.54, 1.807) is 0 Å². The van der Waals surface area contributed by atoms with Crippen LogP contribution in [0.3, 0.4) is 0 Å². The quantitative estimate of drug-likeness (QED) is 0.595. The van der Waals surface area contributed by atoms with Gasteiger partial charge in [-0.25, -0.2) is 0 Å². The minimum absolute atomic E-state index is 0.0480. The van der Waals surface area contributed by atoms with Crippen LogP contribution in [-0.4, -0.2) is 35.5 Å². The number of aliphatic hydroxyl groups is 1. The molecule has 4 heteroatoms. The Labute approximate surface area is 102 Å². The molecule has 1 saturated carbocycles. The van der Waals surface area contributed by atoms with Gasteiger partial charge < -0.3 is 5.11 Å². The Kier molecular flexibility index (Phi) is 4.57. The normalized spacial score (nSPS) is 23.3. The lowest BCUT2D eigenvalue weighted by Crippen LogP contribution is -2.38. The van der Waals surface area contributed by atoms with Crippen molar-refractivity contribution >= 4 is 17.8 Å². The van der Waals surface area contributed by atoms with Gasteiger partial charge in [-0.1, -0.05) is 20.8 Å². The molecule has 4 nitrogen and oxygen atoms in total. The van der Waals surface area contributed by atoms with Crippen LogP contribution in [0.2, 0.25) is 0 Å². The first-order valence-electron chi connectivity index (χ1n) is 6.09. The van der Waals surface area contributed by atoms with E-state index in [0.29, 0.717) is 19.3 Å². The first-order valence-corrected chi connectivity index (χ1v) is 6.09. The number of aliphatic imine (C=N–C) groups is 1. The van der Waals surface area contributed by atoms with Crippen molar-refractivity contribution < 1.29 is 14.7 Å². The van der Waals surface area contributed by atoms with E-state index in [4.69, 9.17) is 5.11 Å². The average molecular weight is 239 g/mol. The highest BCUT2D eigenvalue weighted by Gasteiger charge is 2.38. The smallest absolute Gasteiger partial charge is 0.149 e. The third-order valence-electron chi connectivity index (χ3n) is 3.13. The van der Waals surface area contributed by atoms with Gasteiger partial charge in [0.25, 0.3) is 0 Å². The number of ketones is 2. The van der Waals surface area contributed by atoms with Crippen molar-refractivity contribution in [2.24, 2.45) is 16.3 Å². The molecule has 0 aromatic rings. The molecule has 0 saturated heterocycles. The standard InChI is InChI=1S/C13H21NO3/c1-4-9(8-15)14-7-10-11(16)5-13(2,3)6-12(10)17/h7,9-10,15H,4-6,8H2,1-3H3/t9-/m0/s1. The zero-order valence-electron chi connectivity index (χ0n) is 10.8. The van der Waals surface area contributed by atoms with Gasteiger partial charge in [0.05, 0.1) is 12.6 Å². The van der Waals surface area contributed by atoms with Crippen LogP contribution in [-0.2, 0) is 9.59 Å². The van der Waals surface area contributed by atoms with Gasteiger partial charge in [0.1, 0.15) is 17.5 Å². The predicted molar refractivity (Wildman–Crippen MR) is 66.2 cm³/mol. The van der Waals surface area contributed by atoms with Crippen molar-refractivity contribution in [3.05, 3.63) is 0 Å². The van der Waals surface area contributed by atoms with Crippen LogP contribution in [0.25, 0.3) is 0 Å². The van der Waals surface area contributed by atoms with Crippen LogP contribution in [0.4, 0.5) is 0 Å². The summed E-state index contributed by atoms with van der Waals surface area (Å²) >= 11 is 0. The van der Waals surface area contributed by atoms with E-state index >= 15 is 0 Å². The molecule has 1 fully saturated rings. The lowest BCUT2D eigenvalue weighted by molar-refractivity contribution is -0.136. The minimum atomic E-state index is -0.691. The Morgan fingerprint density at radius 3 is 2.35 bits per heavy atom. The molecule has 0 aromatic heterocycles. The van der Waals surface area contributed by atoms with Crippen LogP contribution in [0, 0.1) is 11.3 Å². The maximum Gasteiger partial charge on any atom is 0.149 e. The largest absolute Gasteiger partial charge is 0.394 e. The van der Waals surface area contributed by atoms with E-state index in [1.807, 2.05) is 20.8 Å². The van der Waals surface area contributed by atoms with Gasteiger partial charge >= 0.3 is 0 Å². The summed E-state index contributed by atoms with van der Waals surface area (Å²) in [5.41, 5.74) is -0.223. The van der Waals surface area contributed by atoms with Gasteiger partial charge in [0.15, 0.2) is 0 Å². The Hall–Kier alpha value is -1.03. The molecule has 17 heavy (non-hydrogen) atoms. The van der Waals surface area contributed by atoms with E-state index in [0.717, 1.165) is 0 Å². The second-order valence-corrected chi connectivity index (χ2v) is 5.47. The lowest BCUT2D eigenvalue weighted by Gasteiger charge is -2.30. The first-order chi connectivity index (χ1) is 7.89. The number of nitrogens with zero attached hydrogens (tertiary/aromatic N) is 1. The SMILES string of the molecule is CC[C@@H](CO)N=CC1C(=O)CC(C)(C)CC1=O. The molecule has 1 atom stereocenters. The molecule has 0 amide bonds. The fraction of sp³-hybridized carbons (Fsp3) is 0.769. The van der Waals surface area contributed by atoms with E-state index in [1.165, 1.54) is 6.21 Å². The van der Waals surface area contributed by atoms with Crippen molar-refractivity contribution in [1.82, 2.24) is 0 Å². The van der Waals surface area contributed by atoms with Crippen LogP contribution in [0.15, 0.2) is 4.99 Å². The fourth-order valence-corrected chi connectivity index (χ4v) is 2.06. The summed E-state index contributed by atoms with van der Waals surface area (Å²) < 4.78 is 0. The lowest BCUT2D eigenvalue weighted by atomic mass is 9.72. The molecular formula is C13H21NO3. The van der Waals surface area contributed by atoms with Crippen molar-refractivity contribution in [3.63, 3.8) is 0 Å². The molecule has 1 rings (SSSR count). The van der Waals surface area contributed by atoms with Crippen LogP contribution in [0.5, 0.6) is 0 Å². The predicted octanol–water partition coefficient (Wildman–Crippen LogP) is 1.40. The summed E-state index contributed by atoms with van der Waals surface area (Å²) in [5.74, 6) is -0.797. The van der Waals surface area contributed by atoms with Gasteiger partial charge in [0, 0.05) is 19.1 Å². The summed E-state index contributed by atoms with van der Waals surface area (Å²) in [7, 11) is 0. The minimum Gasteiger partial charge on any atom is -0.394 e. The zero-order valence-corrected chi connectivity index (χ0v) is 10.8. The van der Waals surface area contributed by atoms with Crippen LogP contribution in [0.1, 0.15) is 40.0 Å². The molecule has 0 radical (unpaired) electrons. The molecule has 0 bridgehead atoms. The molecule has 1 aliphatic carbocycles. The number of carbonyl (C=O) groups excluding carboxylic acids is 2. The molecule has 0 spiro atoms. The van der Waals surface area contributed by atoms with Gasteiger partial charge in [-0.2, -0.15) is 0 Å².